The Balaban J connectivity index is 1.42. The van der Waals surface area contributed by atoms with E-state index in [2.05, 4.69) is 23.6 Å². The molecule has 0 spiro atoms. The molecule has 4 aliphatic rings. The van der Waals surface area contributed by atoms with Crippen molar-refractivity contribution in [3.63, 3.8) is 0 Å². The van der Waals surface area contributed by atoms with E-state index in [4.69, 9.17) is 33.7 Å². The van der Waals surface area contributed by atoms with Gasteiger partial charge >= 0.3 is 6.09 Å². The summed E-state index contributed by atoms with van der Waals surface area (Å²) in [5, 5.41) is 24.6. The molecule has 2 aromatic rings. The van der Waals surface area contributed by atoms with Crippen LogP contribution < -0.4 is 9.47 Å². The third-order valence-corrected chi connectivity index (χ3v) is 11.6. The number of carbonyl (C=O) groups is 1. The third-order valence-electron chi connectivity index (χ3n) is 11.6. The largest absolute Gasteiger partial charge is 0.492 e. The van der Waals surface area contributed by atoms with Crippen LogP contribution in [0.25, 0.3) is 0 Å². The number of ether oxygens (including phenoxy) is 5. The molecule has 2 aliphatic heterocycles. The highest BCUT2D eigenvalue weighted by Crippen LogP contribution is 2.61. The van der Waals surface area contributed by atoms with Crippen LogP contribution in [0.2, 0.25) is 0 Å². The average Bonchev–Trinajstić information content (AvgIpc) is 4.05. The quantitative estimate of drug-likeness (QED) is 0.0551. The maximum absolute atomic E-state index is 14.1. The molecule has 1 saturated carbocycles. The van der Waals surface area contributed by atoms with Crippen LogP contribution in [0.4, 0.5) is 4.79 Å². The number of allylic oxidation sites excluding steroid dienone is 1. The fraction of sp³-hybridized carbons (Fsp3) is 0.609. The number of aliphatic hydroxyl groups is 2. The number of aliphatic hydroxyl groups excluding tert-OH is 2. The Labute approximate surface area is 344 Å². The van der Waals surface area contributed by atoms with Crippen molar-refractivity contribution in [2.24, 2.45) is 22.9 Å². The van der Waals surface area contributed by atoms with E-state index in [1.165, 1.54) is 0 Å². The summed E-state index contributed by atoms with van der Waals surface area (Å²) in [6.45, 7) is 14.7. The van der Waals surface area contributed by atoms with Crippen molar-refractivity contribution in [3.8, 4) is 11.5 Å². The molecule has 6 rings (SSSR count). The maximum Gasteiger partial charge on any atom is 0.410 e. The predicted octanol–water partition coefficient (Wildman–Crippen LogP) is 7.10. The number of amides is 1. The first-order valence-electron chi connectivity index (χ1n) is 21.2. The molecule has 2 N–H and O–H groups in total. The summed E-state index contributed by atoms with van der Waals surface area (Å²) in [6.07, 6.45) is 8.62. The van der Waals surface area contributed by atoms with Gasteiger partial charge in [0.05, 0.1) is 31.5 Å². The van der Waals surface area contributed by atoms with Gasteiger partial charge in [-0.3, -0.25) is 4.90 Å². The van der Waals surface area contributed by atoms with Crippen LogP contribution in [0.5, 0.6) is 11.5 Å². The van der Waals surface area contributed by atoms with Gasteiger partial charge in [0.2, 0.25) is 5.79 Å². The summed E-state index contributed by atoms with van der Waals surface area (Å²) in [6, 6.07) is 15.3. The zero-order chi connectivity index (χ0) is 41.1. The lowest BCUT2D eigenvalue weighted by Crippen LogP contribution is -2.69. The van der Waals surface area contributed by atoms with E-state index < -0.39 is 29.4 Å². The number of hydrogen-bond acceptors (Lipinski definition) is 11. The Hall–Kier alpha value is -3.94. The number of benzene rings is 2. The molecule has 2 heterocycles. The Morgan fingerprint density at radius 1 is 1.03 bits per heavy atom. The summed E-state index contributed by atoms with van der Waals surface area (Å²) in [4.78, 5) is 24.2. The van der Waals surface area contributed by atoms with Gasteiger partial charge in [0.25, 0.3) is 0 Å². The number of nitrogens with zero attached hydrogens (tertiary/aromatic N) is 3. The van der Waals surface area contributed by atoms with Crippen molar-refractivity contribution in [1.82, 2.24) is 9.80 Å². The summed E-state index contributed by atoms with van der Waals surface area (Å²) in [5.41, 5.74) is 3.21. The third kappa shape index (κ3) is 10.8. The van der Waals surface area contributed by atoms with Crippen molar-refractivity contribution in [2.45, 2.75) is 95.7 Å². The van der Waals surface area contributed by atoms with Crippen LogP contribution in [0, 0.1) is 17.8 Å². The second kappa shape index (κ2) is 20.4. The van der Waals surface area contributed by atoms with Crippen molar-refractivity contribution in [3.05, 3.63) is 84.0 Å². The number of unbranched alkanes of at least 4 members (excludes halogenated alkanes) is 2. The van der Waals surface area contributed by atoms with E-state index >= 15 is 0 Å². The van der Waals surface area contributed by atoms with Gasteiger partial charge in [-0.15, -0.1) is 6.58 Å². The van der Waals surface area contributed by atoms with Crippen molar-refractivity contribution >= 4 is 11.8 Å². The summed E-state index contributed by atoms with van der Waals surface area (Å²) >= 11 is 0. The average molecular weight is 804 g/mol. The predicted molar refractivity (Wildman–Crippen MR) is 223 cm³/mol. The highest BCUT2D eigenvalue weighted by atomic mass is 16.7. The highest BCUT2D eigenvalue weighted by Gasteiger charge is 2.65. The van der Waals surface area contributed by atoms with E-state index in [-0.39, 0.29) is 57.2 Å². The molecule has 318 valence electrons. The summed E-state index contributed by atoms with van der Waals surface area (Å²) in [7, 11) is 1.73. The molecular weight excluding hydrogens is 739 g/mol. The van der Waals surface area contributed by atoms with Crippen molar-refractivity contribution in [1.29, 1.82) is 0 Å². The van der Waals surface area contributed by atoms with Gasteiger partial charge in [0.1, 0.15) is 36.4 Å². The fourth-order valence-corrected chi connectivity index (χ4v) is 8.78. The van der Waals surface area contributed by atoms with Crippen LogP contribution in [0.1, 0.15) is 82.8 Å². The Morgan fingerprint density at radius 3 is 2.50 bits per heavy atom. The minimum atomic E-state index is -1.36. The van der Waals surface area contributed by atoms with Crippen LogP contribution in [0.15, 0.2) is 78.0 Å². The zero-order valence-corrected chi connectivity index (χ0v) is 35.0. The molecule has 0 bridgehead atoms. The smallest absolute Gasteiger partial charge is 0.410 e. The highest BCUT2D eigenvalue weighted by molar-refractivity contribution is 6.03. The molecule has 58 heavy (non-hydrogen) atoms. The monoisotopic (exact) mass is 803 g/mol. The first-order valence-corrected chi connectivity index (χ1v) is 21.2. The molecule has 12 heteroatoms. The topological polar surface area (TPSA) is 132 Å². The number of rotatable bonds is 22. The van der Waals surface area contributed by atoms with Crippen molar-refractivity contribution in [2.75, 3.05) is 66.3 Å². The second-order valence-electron chi connectivity index (χ2n) is 16.9. The molecule has 1 saturated heterocycles. The number of oxime groups is 1. The molecule has 6 atom stereocenters. The number of carbonyl (C=O) groups excluding carboxylic acids is 1. The van der Waals surface area contributed by atoms with Crippen LogP contribution >= 0.6 is 0 Å². The fourth-order valence-electron chi connectivity index (χ4n) is 8.78. The number of fused-ring (bicyclic) bond motifs is 2. The van der Waals surface area contributed by atoms with E-state index in [1.54, 1.807) is 18.0 Å². The molecule has 0 aromatic heterocycles. The standard InChI is InChI=1S/C46H65N3O9/c1-6-25-56-46-41(48(5)44(52)55-28-27-53-32-33-14-8-7-9-15-33)31-39(47-58-45(2,3)4)37-29-34(16-10-12-23-50)36(17-11-13-24-51)42(43(37)46)38-30-35(18-19-40(38)57-46)54-26-22-49-20-21-49/h6-9,14-15,18-19,29-30,34,36,41-43,50-51H,1,10-13,16-17,20-28,31-32H2,2-5H3. The lowest BCUT2D eigenvalue weighted by Gasteiger charge is -2.59. The molecule has 0 radical (unpaired) electrons. The van der Waals surface area contributed by atoms with Gasteiger partial charge in [0.15, 0.2) is 0 Å². The molecule has 6 unspecified atom stereocenters. The van der Waals surface area contributed by atoms with Crippen LogP contribution in [-0.2, 0) is 25.7 Å². The zero-order valence-electron chi connectivity index (χ0n) is 35.0. The van der Waals surface area contributed by atoms with Crippen LogP contribution in [-0.4, -0.2) is 116 Å². The minimum absolute atomic E-state index is 0.0706. The van der Waals surface area contributed by atoms with E-state index in [9.17, 15) is 15.0 Å². The first-order chi connectivity index (χ1) is 28.1. The van der Waals surface area contributed by atoms with Gasteiger partial charge in [0, 0.05) is 57.8 Å². The lowest BCUT2D eigenvalue weighted by atomic mass is 9.55. The molecular formula is C46H65N3O9. The van der Waals surface area contributed by atoms with Crippen molar-refractivity contribution < 1.29 is 43.5 Å². The Bertz CT molecular complexity index is 1710. The number of likely N-dealkylation sites (N-methyl/N-ethyl adjacent to an activating group) is 1. The van der Waals surface area contributed by atoms with Gasteiger partial charge in [-0.05, 0) is 87.6 Å². The molecule has 2 fully saturated rings. The summed E-state index contributed by atoms with van der Waals surface area (Å²) < 4.78 is 32.2. The molecule has 2 aliphatic carbocycles. The Kier molecular flexibility index (Phi) is 15.3. The maximum atomic E-state index is 14.1. The van der Waals surface area contributed by atoms with E-state index in [1.807, 2.05) is 63.2 Å². The molecule has 1 amide bonds. The van der Waals surface area contributed by atoms with E-state index in [0.29, 0.717) is 31.8 Å². The summed E-state index contributed by atoms with van der Waals surface area (Å²) in [5.74, 6) is -0.206. The second-order valence-corrected chi connectivity index (χ2v) is 16.9. The minimum Gasteiger partial charge on any atom is -0.492 e. The van der Waals surface area contributed by atoms with E-state index in [0.717, 1.165) is 73.5 Å². The SMILES string of the molecule is C=CCOC12Oc3ccc(OCCN4CC4)cc3C3C(CCCCO)C(CCCCO)C=C(C(=NOC(C)(C)C)CC1N(C)C(=O)OCCOCc1ccccc1)C32. The van der Waals surface area contributed by atoms with Gasteiger partial charge in [-0.2, -0.15) is 0 Å². The van der Waals surface area contributed by atoms with Crippen LogP contribution in [0.3, 0.4) is 0 Å². The molecule has 12 nitrogen and oxygen atoms in total. The number of hydrogen-bond donors (Lipinski definition) is 2. The van der Waals surface area contributed by atoms with Gasteiger partial charge < -0.3 is 43.6 Å². The Morgan fingerprint density at radius 2 is 1.79 bits per heavy atom. The van der Waals surface area contributed by atoms with Gasteiger partial charge in [-0.25, -0.2) is 4.79 Å². The first kappa shape index (κ1) is 43.6. The normalized spacial score (nSPS) is 25.5. The lowest BCUT2D eigenvalue weighted by molar-refractivity contribution is -0.253. The van der Waals surface area contributed by atoms with Gasteiger partial charge in [-0.1, -0.05) is 60.5 Å². The molecule has 2 aromatic carbocycles.